The third kappa shape index (κ3) is 10.4. The molecule has 0 aliphatic carbocycles. The van der Waals surface area contributed by atoms with Gasteiger partial charge in [-0.15, -0.1) is 35.4 Å². The molecule has 223 valence electrons. The first-order chi connectivity index (χ1) is 20.8. The van der Waals surface area contributed by atoms with Crippen LogP contribution in [0.3, 0.4) is 0 Å². The summed E-state index contributed by atoms with van der Waals surface area (Å²) in [5, 5.41) is 0. The average molecular weight is 756 g/mol. The predicted octanol–water partition coefficient (Wildman–Crippen LogP) is 7.83. The van der Waals surface area contributed by atoms with Crippen LogP contribution >= 0.6 is 0 Å². The Morgan fingerprint density at radius 3 is 1.11 bits per heavy atom. The van der Waals surface area contributed by atoms with Gasteiger partial charge in [-0.1, -0.05) is 11.6 Å². The maximum atomic E-state index is 5.59. The maximum Gasteiger partial charge on any atom is 1.00 e. The van der Waals surface area contributed by atoms with Crippen LogP contribution in [-0.2, 0) is 26.3 Å². The van der Waals surface area contributed by atoms with Gasteiger partial charge >= 0.3 is 19.8 Å². The SMILES string of the molecule is Cc1ccnc(-c2[c-]ccc(CN)c2)c1.Cc1ccnc(-c2cc(C)ccn2)c1.Cc1ccnc(-c2cc(C)ccn2)c1.[Os+]. The van der Waals surface area contributed by atoms with Gasteiger partial charge in [0.15, 0.2) is 0 Å². The van der Waals surface area contributed by atoms with Crippen molar-refractivity contribution in [2.24, 2.45) is 5.73 Å². The van der Waals surface area contributed by atoms with Gasteiger partial charge in [0.05, 0.1) is 22.8 Å². The van der Waals surface area contributed by atoms with E-state index in [1.165, 1.54) is 27.8 Å². The number of hydrogen-bond acceptors (Lipinski definition) is 6. The molecule has 0 saturated heterocycles. The molecule has 0 unspecified atom stereocenters. The largest absolute Gasteiger partial charge is 1.00 e. The summed E-state index contributed by atoms with van der Waals surface area (Å²) in [6.07, 6.45) is 9.07. The Bertz CT molecular complexity index is 1610. The molecule has 0 amide bonds. The minimum Gasteiger partial charge on any atom is -0.328 e. The summed E-state index contributed by atoms with van der Waals surface area (Å²) in [5.74, 6) is 0. The zero-order valence-electron chi connectivity index (χ0n) is 25.8. The molecule has 44 heavy (non-hydrogen) atoms. The third-order valence-corrected chi connectivity index (χ3v) is 6.48. The number of nitrogens with zero attached hydrogens (tertiary/aromatic N) is 5. The summed E-state index contributed by atoms with van der Waals surface area (Å²) in [6.45, 7) is 10.8. The molecule has 1 radical (unpaired) electrons. The molecule has 0 aliphatic rings. The Hall–Kier alpha value is -4.43. The summed E-state index contributed by atoms with van der Waals surface area (Å²) < 4.78 is 0. The van der Waals surface area contributed by atoms with Crippen molar-refractivity contribution in [3.8, 4) is 34.0 Å². The molecule has 6 nitrogen and oxygen atoms in total. The number of rotatable bonds is 4. The van der Waals surface area contributed by atoms with Crippen molar-refractivity contribution >= 4 is 0 Å². The molecule has 5 heterocycles. The van der Waals surface area contributed by atoms with Gasteiger partial charge in [-0.25, -0.2) is 0 Å². The molecule has 5 aromatic heterocycles. The van der Waals surface area contributed by atoms with Crippen LogP contribution in [0, 0.1) is 40.7 Å². The van der Waals surface area contributed by atoms with E-state index in [2.05, 4.69) is 65.6 Å². The Morgan fingerprint density at radius 2 is 0.795 bits per heavy atom. The minimum atomic E-state index is 0. The molecule has 0 fully saturated rings. The Morgan fingerprint density at radius 1 is 0.477 bits per heavy atom. The fourth-order valence-corrected chi connectivity index (χ4v) is 4.18. The van der Waals surface area contributed by atoms with E-state index >= 15 is 0 Å². The van der Waals surface area contributed by atoms with Gasteiger partial charge in [0.1, 0.15) is 0 Å². The first-order valence-electron chi connectivity index (χ1n) is 14.2. The van der Waals surface area contributed by atoms with Crippen molar-refractivity contribution in [3.05, 3.63) is 149 Å². The van der Waals surface area contributed by atoms with Crippen LogP contribution < -0.4 is 5.73 Å². The van der Waals surface area contributed by atoms with Gasteiger partial charge in [0.25, 0.3) is 0 Å². The van der Waals surface area contributed by atoms with E-state index in [0.717, 1.165) is 39.6 Å². The summed E-state index contributed by atoms with van der Waals surface area (Å²) in [4.78, 5) is 21.5. The monoisotopic (exact) mass is 757 g/mol. The first-order valence-corrected chi connectivity index (χ1v) is 14.2. The molecular weight excluding hydrogens is 719 g/mol. The van der Waals surface area contributed by atoms with Crippen LogP contribution in [0.4, 0.5) is 0 Å². The topological polar surface area (TPSA) is 90.5 Å². The molecule has 1 aromatic carbocycles. The second kappa shape index (κ2) is 17.0. The van der Waals surface area contributed by atoms with Gasteiger partial charge in [-0.2, -0.15) is 0 Å². The maximum absolute atomic E-state index is 5.59. The van der Waals surface area contributed by atoms with E-state index in [0.29, 0.717) is 6.54 Å². The van der Waals surface area contributed by atoms with Crippen LogP contribution in [0.5, 0.6) is 0 Å². The van der Waals surface area contributed by atoms with E-state index < -0.39 is 0 Å². The van der Waals surface area contributed by atoms with Crippen molar-refractivity contribution in [2.75, 3.05) is 0 Å². The predicted molar refractivity (Wildman–Crippen MR) is 175 cm³/mol. The van der Waals surface area contributed by atoms with Crippen LogP contribution in [0.1, 0.15) is 33.4 Å². The van der Waals surface area contributed by atoms with Gasteiger partial charge in [-0.3, -0.25) is 19.9 Å². The number of aromatic nitrogens is 5. The Kier molecular flexibility index (Phi) is 13.2. The third-order valence-electron chi connectivity index (χ3n) is 6.48. The van der Waals surface area contributed by atoms with Crippen molar-refractivity contribution in [2.45, 2.75) is 41.2 Å². The standard InChI is InChI=1S/C13H13N2.2C12H12N2.Os/c1-10-5-6-15-13(7-10)12-4-2-3-11(8-12)9-14;2*1-9-3-5-13-11(7-9)12-8-10(2)4-6-14-12;/h2-3,5-8H,9,14H2,1H3;2*3-8H,1-2H3;/q-1;;;+1. The van der Waals surface area contributed by atoms with Crippen molar-refractivity contribution in [1.29, 1.82) is 0 Å². The minimum absolute atomic E-state index is 0. The summed E-state index contributed by atoms with van der Waals surface area (Å²) in [6, 6.07) is 29.2. The normalized spacial score (nSPS) is 9.95. The van der Waals surface area contributed by atoms with Crippen LogP contribution in [0.15, 0.2) is 110 Å². The van der Waals surface area contributed by atoms with Crippen molar-refractivity contribution in [1.82, 2.24) is 24.9 Å². The molecule has 0 aliphatic heterocycles. The number of pyridine rings is 5. The van der Waals surface area contributed by atoms with Gasteiger partial charge in [0, 0.05) is 37.5 Å². The molecule has 6 aromatic rings. The van der Waals surface area contributed by atoms with E-state index in [4.69, 9.17) is 5.73 Å². The van der Waals surface area contributed by atoms with E-state index in [1.54, 1.807) is 0 Å². The molecule has 0 bridgehead atoms. The fourth-order valence-electron chi connectivity index (χ4n) is 4.18. The zero-order valence-corrected chi connectivity index (χ0v) is 28.3. The number of nitrogens with two attached hydrogens (primary N) is 1. The van der Waals surface area contributed by atoms with Gasteiger partial charge < -0.3 is 10.7 Å². The molecule has 2 N–H and O–H groups in total. The van der Waals surface area contributed by atoms with Crippen LogP contribution in [0.25, 0.3) is 34.0 Å². The van der Waals surface area contributed by atoms with Gasteiger partial charge in [0.2, 0.25) is 0 Å². The van der Waals surface area contributed by atoms with Crippen LogP contribution in [-0.4, -0.2) is 24.9 Å². The van der Waals surface area contributed by atoms with E-state index in [1.807, 2.05) is 110 Å². The second-order valence-corrected chi connectivity index (χ2v) is 10.4. The van der Waals surface area contributed by atoms with E-state index in [9.17, 15) is 0 Å². The Balaban J connectivity index is 0.000000178. The summed E-state index contributed by atoms with van der Waals surface area (Å²) in [7, 11) is 0. The number of benzene rings is 1. The van der Waals surface area contributed by atoms with Crippen molar-refractivity contribution in [3.63, 3.8) is 0 Å². The molecule has 0 spiro atoms. The molecule has 6 rings (SSSR count). The van der Waals surface area contributed by atoms with E-state index in [-0.39, 0.29) is 19.8 Å². The first kappa shape index (κ1) is 34.1. The molecular formula is C37H37N6Os. The molecule has 0 saturated carbocycles. The average Bonchev–Trinajstić information content (AvgIpc) is 3.02. The zero-order chi connectivity index (χ0) is 30.6. The molecule has 0 atom stereocenters. The quantitative estimate of drug-likeness (QED) is 0.185. The summed E-state index contributed by atoms with van der Waals surface area (Å²) >= 11 is 0. The molecule has 7 heteroatoms. The summed E-state index contributed by atoms with van der Waals surface area (Å²) in [5.41, 5.74) is 18.4. The Labute approximate surface area is 274 Å². The smallest absolute Gasteiger partial charge is 0.328 e. The number of aryl methyl sites for hydroxylation is 5. The fraction of sp³-hybridized carbons (Fsp3) is 0.162. The van der Waals surface area contributed by atoms with Crippen molar-refractivity contribution < 1.29 is 19.8 Å². The number of hydrogen-bond donors (Lipinski definition) is 1. The van der Waals surface area contributed by atoms with Crippen LogP contribution in [0.2, 0.25) is 0 Å². The second-order valence-electron chi connectivity index (χ2n) is 10.4. The van der Waals surface area contributed by atoms with Gasteiger partial charge in [-0.05, 0) is 117 Å².